The van der Waals surface area contributed by atoms with Crippen LogP contribution in [0.3, 0.4) is 0 Å². The van der Waals surface area contributed by atoms with Crippen molar-refractivity contribution in [2.45, 2.75) is 17.6 Å². The second-order valence-corrected chi connectivity index (χ2v) is 8.88. The van der Waals surface area contributed by atoms with Crippen LogP contribution in [0.25, 0.3) is 5.69 Å². The molecule has 0 aliphatic carbocycles. The van der Waals surface area contributed by atoms with E-state index in [1.807, 2.05) is 65.2 Å². The smallest absolute Gasteiger partial charge is 0.253 e. The summed E-state index contributed by atoms with van der Waals surface area (Å²) in [5.41, 5.74) is 2.60. The van der Waals surface area contributed by atoms with Crippen LogP contribution in [0.1, 0.15) is 23.8 Å². The van der Waals surface area contributed by atoms with Crippen LogP contribution in [0, 0.1) is 0 Å². The van der Waals surface area contributed by atoms with Gasteiger partial charge in [-0.3, -0.25) is 9.36 Å². The van der Waals surface area contributed by atoms with Crippen molar-refractivity contribution in [2.24, 2.45) is 5.10 Å². The van der Waals surface area contributed by atoms with E-state index in [0.29, 0.717) is 22.4 Å². The molecule has 0 saturated heterocycles. The van der Waals surface area contributed by atoms with Gasteiger partial charge in [0, 0.05) is 17.1 Å². The summed E-state index contributed by atoms with van der Waals surface area (Å²) in [6.45, 7) is 0. The number of benzene rings is 2. The first kappa shape index (κ1) is 22.2. The van der Waals surface area contributed by atoms with Gasteiger partial charge in [-0.25, -0.2) is 5.01 Å². The number of hydrogen-bond donors (Lipinski definition) is 0. The summed E-state index contributed by atoms with van der Waals surface area (Å²) in [7, 11) is 1.62. The molecule has 34 heavy (non-hydrogen) atoms. The number of aromatic nitrogens is 3. The summed E-state index contributed by atoms with van der Waals surface area (Å²) in [5, 5.41) is 15.6. The van der Waals surface area contributed by atoms with Gasteiger partial charge in [-0.15, -0.1) is 10.2 Å². The minimum Gasteiger partial charge on any atom is -0.497 e. The van der Waals surface area contributed by atoms with E-state index in [-0.39, 0.29) is 17.7 Å². The van der Waals surface area contributed by atoms with Crippen LogP contribution in [0.5, 0.6) is 5.75 Å². The van der Waals surface area contributed by atoms with Crippen molar-refractivity contribution in [1.82, 2.24) is 19.8 Å². The van der Waals surface area contributed by atoms with E-state index in [1.54, 1.807) is 19.7 Å². The molecule has 0 fully saturated rings. The monoisotopic (exact) mass is 493 g/mol. The number of rotatable bonds is 7. The Morgan fingerprint density at radius 2 is 1.97 bits per heavy atom. The average molecular weight is 494 g/mol. The first-order chi connectivity index (χ1) is 16.6. The number of halogens is 1. The van der Waals surface area contributed by atoms with Gasteiger partial charge in [0.1, 0.15) is 23.9 Å². The molecule has 0 radical (unpaired) electrons. The Labute approximate surface area is 205 Å². The third kappa shape index (κ3) is 4.57. The highest BCUT2D eigenvalue weighted by atomic mass is 35.5. The van der Waals surface area contributed by atoms with Crippen LogP contribution in [-0.2, 0) is 4.79 Å². The molecule has 4 aromatic rings. The Morgan fingerprint density at radius 3 is 2.68 bits per heavy atom. The highest BCUT2D eigenvalue weighted by Gasteiger charge is 2.35. The summed E-state index contributed by atoms with van der Waals surface area (Å²) in [6.07, 6.45) is 3.77. The molecule has 1 atom stereocenters. The zero-order valence-corrected chi connectivity index (χ0v) is 19.7. The van der Waals surface area contributed by atoms with Gasteiger partial charge < -0.3 is 9.15 Å². The number of hydrazone groups is 1. The van der Waals surface area contributed by atoms with Crippen molar-refractivity contribution < 1.29 is 13.9 Å². The lowest BCUT2D eigenvalue weighted by Gasteiger charge is -2.19. The van der Waals surface area contributed by atoms with Crippen LogP contribution in [0.2, 0.25) is 5.02 Å². The van der Waals surface area contributed by atoms with Gasteiger partial charge in [-0.05, 0) is 54.1 Å². The Morgan fingerprint density at radius 1 is 1.18 bits per heavy atom. The molecule has 1 aliphatic rings. The third-order valence-corrected chi connectivity index (χ3v) is 6.59. The molecule has 10 heteroatoms. The number of hydrogen-bond acceptors (Lipinski definition) is 7. The van der Waals surface area contributed by atoms with Crippen molar-refractivity contribution >= 4 is 35.0 Å². The zero-order chi connectivity index (χ0) is 23.5. The lowest BCUT2D eigenvalue weighted by atomic mass is 10.0. The number of methoxy groups -OCH3 is 1. The van der Waals surface area contributed by atoms with E-state index in [2.05, 4.69) is 15.3 Å². The fourth-order valence-electron chi connectivity index (χ4n) is 3.69. The molecular formula is C24H20ClN5O3S. The molecule has 2 aromatic heterocycles. The highest BCUT2D eigenvalue weighted by Crippen LogP contribution is 2.34. The van der Waals surface area contributed by atoms with Gasteiger partial charge in [0.05, 0.1) is 24.8 Å². The predicted octanol–water partition coefficient (Wildman–Crippen LogP) is 4.99. The quantitative estimate of drug-likeness (QED) is 0.337. The maximum absolute atomic E-state index is 13.3. The number of ether oxygens (including phenoxy) is 1. The maximum atomic E-state index is 13.3. The molecule has 3 heterocycles. The van der Waals surface area contributed by atoms with Gasteiger partial charge in [-0.1, -0.05) is 35.5 Å². The Bertz CT molecular complexity index is 1300. The number of carbonyl (C=O) groups is 1. The number of nitrogens with zero attached hydrogens (tertiary/aromatic N) is 5. The molecule has 0 N–H and O–H groups in total. The number of thioether (sulfide) groups is 1. The van der Waals surface area contributed by atoms with Crippen LogP contribution < -0.4 is 4.74 Å². The van der Waals surface area contributed by atoms with Gasteiger partial charge >= 0.3 is 0 Å². The van der Waals surface area contributed by atoms with Crippen molar-refractivity contribution in [1.29, 1.82) is 0 Å². The first-order valence-electron chi connectivity index (χ1n) is 10.5. The maximum Gasteiger partial charge on any atom is 0.253 e. The van der Waals surface area contributed by atoms with Crippen molar-refractivity contribution in [3.05, 3.63) is 89.6 Å². The van der Waals surface area contributed by atoms with Crippen LogP contribution in [-0.4, -0.2) is 44.3 Å². The Balaban J connectivity index is 1.34. The van der Waals surface area contributed by atoms with E-state index >= 15 is 0 Å². The minimum absolute atomic E-state index is 0.142. The largest absolute Gasteiger partial charge is 0.497 e. The average Bonchev–Trinajstić information content (AvgIpc) is 3.63. The molecule has 5 rings (SSSR count). The van der Waals surface area contributed by atoms with Crippen molar-refractivity contribution in [3.8, 4) is 11.4 Å². The molecule has 172 valence electrons. The van der Waals surface area contributed by atoms with Crippen molar-refractivity contribution in [2.75, 3.05) is 12.9 Å². The summed E-state index contributed by atoms with van der Waals surface area (Å²) in [5.74, 6) is 1.43. The molecular weight excluding hydrogens is 474 g/mol. The lowest BCUT2D eigenvalue weighted by molar-refractivity contribution is -0.130. The zero-order valence-electron chi connectivity index (χ0n) is 18.2. The second kappa shape index (κ2) is 9.74. The van der Waals surface area contributed by atoms with Crippen LogP contribution in [0.15, 0.2) is 87.9 Å². The summed E-state index contributed by atoms with van der Waals surface area (Å²) in [6, 6.07) is 18.3. The molecule has 0 spiro atoms. The van der Waals surface area contributed by atoms with Crippen LogP contribution in [0.4, 0.5) is 0 Å². The standard InChI is InChI=1S/C24H20ClN5O3S/c1-32-19-10-8-18(9-11-19)29-15-26-27-24(29)34-14-23(31)30-21(22-3-2-12-33-22)13-20(28-30)16-4-6-17(25)7-5-16/h2-12,15,21H,13-14H2,1H3. The van der Waals surface area contributed by atoms with Gasteiger partial charge in [0.15, 0.2) is 5.16 Å². The number of amides is 1. The number of furan rings is 1. The normalized spacial score (nSPS) is 15.4. The molecule has 1 unspecified atom stereocenters. The summed E-state index contributed by atoms with van der Waals surface area (Å²) in [4.78, 5) is 13.3. The van der Waals surface area contributed by atoms with Gasteiger partial charge in [0.2, 0.25) is 0 Å². The van der Waals surface area contributed by atoms with Gasteiger partial charge in [-0.2, -0.15) is 5.10 Å². The molecule has 8 nitrogen and oxygen atoms in total. The topological polar surface area (TPSA) is 85.8 Å². The Hall–Kier alpha value is -3.56. The number of carbonyl (C=O) groups excluding carboxylic acids is 1. The molecule has 1 amide bonds. The van der Waals surface area contributed by atoms with E-state index in [0.717, 1.165) is 22.7 Å². The SMILES string of the molecule is COc1ccc(-n2cnnc2SCC(=O)N2N=C(c3ccc(Cl)cc3)CC2c2ccco2)cc1. The first-order valence-corrected chi connectivity index (χ1v) is 11.8. The lowest BCUT2D eigenvalue weighted by Crippen LogP contribution is -2.28. The minimum atomic E-state index is -0.312. The summed E-state index contributed by atoms with van der Waals surface area (Å²) < 4.78 is 12.7. The predicted molar refractivity (Wildman–Crippen MR) is 130 cm³/mol. The highest BCUT2D eigenvalue weighted by molar-refractivity contribution is 7.99. The van der Waals surface area contributed by atoms with E-state index < -0.39 is 0 Å². The molecule has 2 aromatic carbocycles. The van der Waals surface area contributed by atoms with E-state index in [1.165, 1.54) is 16.8 Å². The van der Waals surface area contributed by atoms with Crippen LogP contribution >= 0.6 is 23.4 Å². The molecule has 0 saturated carbocycles. The molecule has 1 aliphatic heterocycles. The Kier molecular flexibility index (Phi) is 6.37. The fourth-order valence-corrected chi connectivity index (χ4v) is 4.60. The second-order valence-electron chi connectivity index (χ2n) is 7.50. The summed E-state index contributed by atoms with van der Waals surface area (Å²) >= 11 is 7.33. The van der Waals surface area contributed by atoms with E-state index in [9.17, 15) is 4.79 Å². The molecule has 0 bridgehead atoms. The fraction of sp³-hybridized carbons (Fsp3) is 0.167. The van der Waals surface area contributed by atoms with Crippen molar-refractivity contribution in [3.63, 3.8) is 0 Å². The van der Waals surface area contributed by atoms with E-state index in [4.69, 9.17) is 20.8 Å². The third-order valence-electron chi connectivity index (χ3n) is 5.41. The van der Waals surface area contributed by atoms with Gasteiger partial charge in [0.25, 0.3) is 5.91 Å².